The van der Waals surface area contributed by atoms with Crippen molar-refractivity contribution >= 4 is 23.9 Å². The van der Waals surface area contributed by atoms with Crippen molar-refractivity contribution in [2.75, 3.05) is 13.1 Å². The number of carbonyl (C=O) groups is 1. The lowest BCUT2D eigenvalue weighted by Crippen LogP contribution is -2.43. The van der Waals surface area contributed by atoms with E-state index in [0.29, 0.717) is 17.3 Å². The molecule has 9 nitrogen and oxygen atoms in total. The Kier molecular flexibility index (Phi) is 7.78. The smallest absolute Gasteiger partial charge is 0.325 e. The maximum absolute atomic E-state index is 12.3. The fraction of sp³-hybridized carbons (Fsp3) is 0.409. The van der Waals surface area contributed by atoms with Crippen LogP contribution in [-0.2, 0) is 29.1 Å². The van der Waals surface area contributed by atoms with Gasteiger partial charge in [-0.15, -0.1) is 0 Å². The maximum atomic E-state index is 12.3. The topological polar surface area (TPSA) is 144 Å². The van der Waals surface area contributed by atoms with Crippen LogP contribution < -0.4 is 10.5 Å². The molecule has 180 valence electrons. The molecule has 2 heterocycles. The summed E-state index contributed by atoms with van der Waals surface area (Å²) < 4.78 is 55.5. The van der Waals surface area contributed by atoms with E-state index in [1.54, 1.807) is 6.92 Å². The quantitative estimate of drug-likeness (QED) is 0.597. The third-order valence-corrected chi connectivity index (χ3v) is 10.9. The number of carboxylic acids is 1. The number of aryl methyl sites for hydroxylation is 2. The zero-order chi connectivity index (χ0) is 24.2. The summed E-state index contributed by atoms with van der Waals surface area (Å²) in [5, 5.41) is 9.02. The van der Waals surface area contributed by atoms with Gasteiger partial charge >= 0.3 is 15.0 Å². The predicted molar refractivity (Wildman–Crippen MR) is 123 cm³/mol. The second kappa shape index (κ2) is 10.2. The van der Waals surface area contributed by atoms with E-state index in [0.717, 1.165) is 24.2 Å². The van der Waals surface area contributed by atoms with Crippen molar-refractivity contribution in [2.24, 2.45) is 5.73 Å². The number of benzene rings is 2. The predicted octanol–water partition coefficient (Wildman–Crippen LogP) is 1.90. The Morgan fingerprint density at radius 2 is 1.76 bits per heavy atom. The van der Waals surface area contributed by atoms with E-state index in [-0.39, 0.29) is 24.0 Å². The number of para-hydroxylation sites is 1. The number of aliphatic carboxylic acids is 1. The van der Waals surface area contributed by atoms with Crippen molar-refractivity contribution in [2.45, 2.75) is 49.6 Å². The van der Waals surface area contributed by atoms with Crippen molar-refractivity contribution in [3.63, 3.8) is 0 Å². The second-order valence-corrected chi connectivity index (χ2v) is 13.2. The number of ether oxygens (including phenoxy) is 1. The third-order valence-electron chi connectivity index (χ3n) is 5.63. The van der Waals surface area contributed by atoms with Gasteiger partial charge in [-0.05, 0) is 56.4 Å². The van der Waals surface area contributed by atoms with Crippen molar-refractivity contribution in [1.82, 2.24) is 4.31 Å². The van der Waals surface area contributed by atoms with Gasteiger partial charge in [0, 0.05) is 13.1 Å². The molecule has 0 aliphatic carbocycles. The van der Waals surface area contributed by atoms with E-state index in [2.05, 4.69) is 6.07 Å². The van der Waals surface area contributed by atoms with Crippen LogP contribution in [0.4, 0.5) is 0 Å². The van der Waals surface area contributed by atoms with E-state index < -0.39 is 29.9 Å². The summed E-state index contributed by atoms with van der Waals surface area (Å²) in [5.74, 6) is -0.325. The van der Waals surface area contributed by atoms with Gasteiger partial charge in [-0.25, -0.2) is 8.42 Å². The van der Waals surface area contributed by atoms with Gasteiger partial charge in [0.25, 0.3) is 8.87 Å². The molecule has 2 aromatic carbocycles. The zero-order valence-corrected chi connectivity index (χ0v) is 19.9. The van der Waals surface area contributed by atoms with Gasteiger partial charge < -0.3 is 15.6 Å². The number of hydrogen-bond acceptors (Lipinski definition) is 7. The van der Waals surface area contributed by atoms with E-state index in [4.69, 9.17) is 15.6 Å². The Hall–Kier alpha value is -2.47. The average Bonchev–Trinajstić information content (AvgIpc) is 3.31. The molecule has 0 amide bonds. The molecule has 11 heteroatoms. The van der Waals surface area contributed by atoms with Crippen molar-refractivity contribution < 1.29 is 31.5 Å². The van der Waals surface area contributed by atoms with Gasteiger partial charge in [-0.1, -0.05) is 35.9 Å². The number of hydrogen-bond donors (Lipinski definition) is 2. The summed E-state index contributed by atoms with van der Waals surface area (Å²) in [6.07, 6.45) is 2.79. The minimum Gasteiger partial charge on any atom is -0.489 e. The summed E-state index contributed by atoms with van der Waals surface area (Å²) in [4.78, 5) is 10.7. The lowest BCUT2D eigenvalue weighted by atomic mass is 10.0. The molecule has 33 heavy (non-hydrogen) atoms. The number of nitrogens with two attached hydrogens (primary N) is 1. The first-order chi connectivity index (χ1) is 15.6. The fourth-order valence-corrected chi connectivity index (χ4v) is 7.93. The number of fused-ring (bicyclic) bond motifs is 1. The highest BCUT2D eigenvalue weighted by Gasteiger charge is 2.46. The van der Waals surface area contributed by atoms with E-state index in [9.17, 15) is 21.6 Å². The Morgan fingerprint density at radius 1 is 1.09 bits per heavy atom. The molecule has 0 radical (unpaired) electrons. The van der Waals surface area contributed by atoms with Crippen molar-refractivity contribution in [3.05, 3.63) is 59.7 Å². The standard InChI is InChI=1S/C12H15NO6S2.C10H13NO/c1-9-4-6-10(7-5-9)20(16,17)21(18,19)13-8-2-3-11(13)12(14)15;11-7-9-6-5-8-3-1-2-4-10(8)12-9/h4-7,11H,2-3,8H2,1H3,(H,14,15);1-4,9H,5-7,11H2/t11-;9-/m01/s1. The highest BCUT2D eigenvalue weighted by Crippen LogP contribution is 2.29. The first-order valence-corrected chi connectivity index (χ1v) is 14.0. The maximum Gasteiger partial charge on any atom is 0.325 e. The number of rotatable bonds is 5. The van der Waals surface area contributed by atoms with E-state index >= 15 is 0 Å². The molecule has 4 rings (SSSR count). The molecule has 0 saturated carbocycles. The monoisotopic (exact) mass is 496 g/mol. The van der Waals surface area contributed by atoms with Gasteiger partial charge in [-0.2, -0.15) is 12.7 Å². The van der Waals surface area contributed by atoms with Crippen LogP contribution in [0.5, 0.6) is 5.75 Å². The Bertz CT molecular complexity index is 1200. The molecular formula is C22H28N2O7S2. The van der Waals surface area contributed by atoms with Gasteiger partial charge in [0.15, 0.2) is 0 Å². The highest BCUT2D eigenvalue weighted by molar-refractivity contribution is 8.66. The molecule has 1 fully saturated rings. The van der Waals surface area contributed by atoms with Crippen LogP contribution in [0.15, 0.2) is 53.4 Å². The second-order valence-electron chi connectivity index (χ2n) is 7.95. The number of carboxylic acid groups (broad SMARTS) is 1. The van der Waals surface area contributed by atoms with Gasteiger partial charge in [0.2, 0.25) is 0 Å². The molecule has 0 bridgehead atoms. The van der Waals surface area contributed by atoms with Crippen LogP contribution in [0.3, 0.4) is 0 Å². The SMILES string of the molecule is Cc1ccc(S(=O)(=O)S(=O)(=O)N2CCC[C@H]2C(=O)O)cc1.NC[C@H]1CCc2ccccc2O1. The molecule has 0 unspecified atom stereocenters. The molecule has 1 saturated heterocycles. The Morgan fingerprint density at radius 3 is 2.39 bits per heavy atom. The normalized spacial score (nSPS) is 20.8. The summed E-state index contributed by atoms with van der Waals surface area (Å²) in [5.41, 5.74) is 7.63. The van der Waals surface area contributed by atoms with Crippen LogP contribution in [0.1, 0.15) is 30.4 Å². The van der Waals surface area contributed by atoms with Crippen LogP contribution in [0.2, 0.25) is 0 Å². The molecule has 2 aromatic rings. The zero-order valence-electron chi connectivity index (χ0n) is 18.3. The average molecular weight is 497 g/mol. The van der Waals surface area contributed by atoms with Gasteiger partial charge in [0.05, 0.1) is 4.90 Å². The van der Waals surface area contributed by atoms with Gasteiger partial charge in [-0.3, -0.25) is 4.79 Å². The lowest BCUT2D eigenvalue weighted by Gasteiger charge is -2.24. The first kappa shape index (κ1) is 25.2. The highest BCUT2D eigenvalue weighted by atomic mass is 33.2. The van der Waals surface area contributed by atoms with E-state index in [1.165, 1.54) is 29.8 Å². The van der Waals surface area contributed by atoms with Crippen molar-refractivity contribution in [3.8, 4) is 5.75 Å². The molecule has 3 N–H and O–H groups in total. The Labute approximate surface area is 193 Å². The molecule has 0 spiro atoms. The van der Waals surface area contributed by atoms with Gasteiger partial charge in [0.1, 0.15) is 17.9 Å². The first-order valence-electron chi connectivity index (χ1n) is 10.6. The molecule has 2 aliphatic heterocycles. The lowest BCUT2D eigenvalue weighted by molar-refractivity contribution is -0.140. The molecular weight excluding hydrogens is 468 g/mol. The van der Waals surface area contributed by atoms with Crippen LogP contribution in [-0.4, -0.2) is 57.5 Å². The Balaban J connectivity index is 0.000000215. The van der Waals surface area contributed by atoms with Crippen LogP contribution >= 0.6 is 0 Å². The fourth-order valence-electron chi connectivity index (χ4n) is 3.75. The summed E-state index contributed by atoms with van der Waals surface area (Å²) in [6, 6.07) is 12.2. The molecule has 2 aliphatic rings. The van der Waals surface area contributed by atoms with Crippen LogP contribution in [0, 0.1) is 6.92 Å². The minimum absolute atomic E-state index is 0.107. The summed E-state index contributed by atoms with van der Waals surface area (Å²) in [6.45, 7) is 2.25. The largest absolute Gasteiger partial charge is 0.489 e. The third kappa shape index (κ3) is 5.37. The molecule has 2 atom stereocenters. The van der Waals surface area contributed by atoms with E-state index in [1.807, 2.05) is 18.2 Å². The van der Waals surface area contributed by atoms with Crippen molar-refractivity contribution in [1.29, 1.82) is 0 Å². The molecule has 0 aromatic heterocycles. The summed E-state index contributed by atoms with van der Waals surface area (Å²) >= 11 is 0. The number of nitrogens with zero attached hydrogens (tertiary/aromatic N) is 1. The van der Waals surface area contributed by atoms with Crippen LogP contribution in [0.25, 0.3) is 0 Å². The minimum atomic E-state index is -4.77. The summed E-state index contributed by atoms with van der Waals surface area (Å²) in [7, 11) is -9.44.